The van der Waals surface area contributed by atoms with E-state index >= 15 is 0 Å². The molecule has 2 aromatic rings. The highest BCUT2D eigenvalue weighted by molar-refractivity contribution is 5.84. The summed E-state index contributed by atoms with van der Waals surface area (Å²) in [6.45, 7) is 5.08. The summed E-state index contributed by atoms with van der Waals surface area (Å²) >= 11 is 0. The van der Waals surface area contributed by atoms with E-state index in [-0.39, 0.29) is 11.3 Å². The van der Waals surface area contributed by atoms with Crippen LogP contribution in [-0.4, -0.2) is 53.5 Å². The lowest BCUT2D eigenvalue weighted by Crippen LogP contribution is -2.47. The Bertz CT molecular complexity index is 702. The molecule has 2 aliphatic heterocycles. The van der Waals surface area contributed by atoms with Gasteiger partial charge in [-0.3, -0.25) is 9.69 Å². The smallest absolute Gasteiger partial charge is 0.229 e. The van der Waals surface area contributed by atoms with Gasteiger partial charge in [-0.25, -0.2) is 4.98 Å². The van der Waals surface area contributed by atoms with Gasteiger partial charge in [0.2, 0.25) is 5.91 Å². The number of likely N-dealkylation sites (tertiary alicyclic amines) is 1. The van der Waals surface area contributed by atoms with Gasteiger partial charge in [0.1, 0.15) is 0 Å². The summed E-state index contributed by atoms with van der Waals surface area (Å²) in [4.78, 5) is 22.5. The van der Waals surface area contributed by atoms with Crippen LogP contribution in [0.5, 0.6) is 0 Å². The molecule has 0 spiro atoms. The molecule has 3 heterocycles. The third kappa shape index (κ3) is 3.32. The van der Waals surface area contributed by atoms with Gasteiger partial charge in [0.15, 0.2) is 0 Å². The van der Waals surface area contributed by atoms with Gasteiger partial charge < -0.3 is 15.6 Å². The Balaban J connectivity index is 1.37. The van der Waals surface area contributed by atoms with E-state index in [1.807, 2.05) is 12.3 Å². The number of benzene rings is 1. The molecule has 1 aromatic heterocycles. The first-order valence-electron chi connectivity index (χ1n) is 8.99. The molecule has 0 unspecified atom stereocenters. The molecule has 3 N–H and O–H groups in total. The molecule has 0 aliphatic carbocycles. The minimum atomic E-state index is -0.289. The molecule has 2 atom stereocenters. The van der Waals surface area contributed by atoms with E-state index < -0.39 is 0 Å². The van der Waals surface area contributed by atoms with Crippen LogP contribution in [0.25, 0.3) is 0 Å². The zero-order valence-electron chi connectivity index (χ0n) is 14.4. The van der Waals surface area contributed by atoms with E-state index in [1.54, 1.807) is 6.33 Å². The average molecular weight is 339 g/mol. The van der Waals surface area contributed by atoms with Crippen molar-refractivity contribution in [1.82, 2.24) is 25.5 Å². The number of rotatable bonds is 6. The Morgan fingerprint density at radius 3 is 3.04 bits per heavy atom. The summed E-state index contributed by atoms with van der Waals surface area (Å²) in [5.41, 5.74) is 2.07. The molecular weight excluding hydrogens is 314 g/mol. The number of hydrogen-bond acceptors (Lipinski definition) is 4. The van der Waals surface area contributed by atoms with Crippen molar-refractivity contribution in [2.45, 2.75) is 13.0 Å². The number of aromatic nitrogens is 2. The topological polar surface area (TPSA) is 73.0 Å². The van der Waals surface area contributed by atoms with E-state index in [9.17, 15) is 4.79 Å². The Morgan fingerprint density at radius 1 is 1.36 bits per heavy atom. The van der Waals surface area contributed by atoms with Crippen molar-refractivity contribution in [3.05, 3.63) is 54.1 Å². The fraction of sp³-hybridized carbons (Fsp3) is 0.474. The molecule has 132 valence electrons. The summed E-state index contributed by atoms with van der Waals surface area (Å²) in [6, 6.07) is 10.5. The number of aromatic amines is 1. The van der Waals surface area contributed by atoms with Crippen LogP contribution in [-0.2, 0) is 17.8 Å². The molecule has 0 bridgehead atoms. The SMILES string of the molecule is O=C(NCCc1cnc[nH]1)[C@@]12CNC[C@@H]1CN(Cc1ccccc1)C2. The lowest BCUT2D eigenvalue weighted by molar-refractivity contribution is -0.130. The minimum Gasteiger partial charge on any atom is -0.355 e. The lowest BCUT2D eigenvalue weighted by atomic mass is 9.80. The van der Waals surface area contributed by atoms with Crippen LogP contribution >= 0.6 is 0 Å². The van der Waals surface area contributed by atoms with Crippen LogP contribution in [0.1, 0.15) is 11.3 Å². The van der Waals surface area contributed by atoms with Crippen molar-refractivity contribution in [3.63, 3.8) is 0 Å². The van der Waals surface area contributed by atoms with Gasteiger partial charge >= 0.3 is 0 Å². The van der Waals surface area contributed by atoms with Crippen molar-refractivity contribution < 1.29 is 4.79 Å². The zero-order valence-corrected chi connectivity index (χ0v) is 14.4. The number of hydrogen-bond donors (Lipinski definition) is 3. The minimum absolute atomic E-state index is 0.192. The molecule has 6 nitrogen and oxygen atoms in total. The summed E-state index contributed by atoms with van der Waals surface area (Å²) in [5, 5.41) is 6.59. The summed E-state index contributed by atoms with van der Waals surface area (Å²) in [5.74, 6) is 0.584. The quantitative estimate of drug-likeness (QED) is 0.728. The lowest BCUT2D eigenvalue weighted by Gasteiger charge is -2.27. The maximum absolute atomic E-state index is 13.0. The monoisotopic (exact) mass is 339 g/mol. The standard InChI is InChI=1S/C19H25N5O/c25-18(22-7-6-17-9-21-14-23-17)19-12-20-8-16(19)11-24(13-19)10-15-4-2-1-3-5-15/h1-5,9,14,16,20H,6-8,10-13H2,(H,21,23)(H,22,25)/t16-,19-/m1/s1. The Kier molecular flexibility index (Phi) is 4.55. The van der Waals surface area contributed by atoms with E-state index in [0.717, 1.165) is 44.8 Å². The molecule has 4 rings (SSSR count). The number of carbonyl (C=O) groups excluding carboxylic acids is 1. The average Bonchev–Trinajstić information content (AvgIpc) is 3.32. The number of H-pyrrole nitrogens is 1. The van der Waals surface area contributed by atoms with Crippen LogP contribution in [0, 0.1) is 11.3 Å². The predicted molar refractivity (Wildman–Crippen MR) is 95.8 cm³/mol. The van der Waals surface area contributed by atoms with Gasteiger partial charge in [-0.1, -0.05) is 30.3 Å². The number of imidazole rings is 1. The van der Waals surface area contributed by atoms with Crippen molar-refractivity contribution in [2.24, 2.45) is 11.3 Å². The maximum Gasteiger partial charge on any atom is 0.229 e. The van der Waals surface area contributed by atoms with Crippen molar-refractivity contribution in [1.29, 1.82) is 0 Å². The van der Waals surface area contributed by atoms with Crippen LogP contribution in [0.3, 0.4) is 0 Å². The maximum atomic E-state index is 13.0. The van der Waals surface area contributed by atoms with Gasteiger partial charge in [-0.15, -0.1) is 0 Å². The van der Waals surface area contributed by atoms with Gasteiger partial charge in [0, 0.05) is 63.5 Å². The molecule has 6 heteroatoms. The van der Waals surface area contributed by atoms with Gasteiger partial charge in [-0.2, -0.15) is 0 Å². The second kappa shape index (κ2) is 6.98. The first kappa shape index (κ1) is 16.3. The first-order valence-corrected chi connectivity index (χ1v) is 8.99. The highest BCUT2D eigenvalue weighted by atomic mass is 16.2. The van der Waals surface area contributed by atoms with Gasteiger partial charge in [-0.05, 0) is 5.56 Å². The number of amides is 1. The van der Waals surface area contributed by atoms with Crippen molar-refractivity contribution in [3.8, 4) is 0 Å². The van der Waals surface area contributed by atoms with Crippen LogP contribution < -0.4 is 10.6 Å². The Hall–Kier alpha value is -2.18. The van der Waals surface area contributed by atoms with Gasteiger partial charge in [0.05, 0.1) is 11.7 Å². The highest BCUT2D eigenvalue weighted by Crippen LogP contribution is 2.39. The second-order valence-electron chi connectivity index (χ2n) is 7.22. The normalized spacial score (nSPS) is 25.8. The highest BCUT2D eigenvalue weighted by Gasteiger charge is 2.54. The van der Waals surface area contributed by atoms with E-state index in [4.69, 9.17) is 0 Å². The summed E-state index contributed by atoms with van der Waals surface area (Å²) in [7, 11) is 0. The number of fused-ring (bicyclic) bond motifs is 1. The van der Waals surface area contributed by atoms with E-state index in [2.05, 4.69) is 49.8 Å². The molecule has 0 saturated carbocycles. The van der Waals surface area contributed by atoms with Gasteiger partial charge in [0.25, 0.3) is 0 Å². The Labute approximate surface area is 148 Å². The summed E-state index contributed by atoms with van der Waals surface area (Å²) in [6.07, 6.45) is 4.26. The zero-order chi connectivity index (χ0) is 17.1. The molecule has 25 heavy (non-hydrogen) atoms. The van der Waals surface area contributed by atoms with Crippen LogP contribution in [0.15, 0.2) is 42.9 Å². The fourth-order valence-electron chi connectivity index (χ4n) is 4.22. The number of nitrogens with one attached hydrogen (secondary N) is 3. The second-order valence-corrected chi connectivity index (χ2v) is 7.22. The van der Waals surface area contributed by atoms with Crippen LogP contribution in [0.2, 0.25) is 0 Å². The third-order valence-corrected chi connectivity index (χ3v) is 5.53. The molecular formula is C19H25N5O. The molecule has 2 aliphatic rings. The predicted octanol–water partition coefficient (Wildman–Crippen LogP) is 0.790. The van der Waals surface area contributed by atoms with Crippen molar-refractivity contribution in [2.75, 3.05) is 32.7 Å². The Morgan fingerprint density at radius 2 is 2.24 bits per heavy atom. The molecule has 1 aromatic carbocycles. The third-order valence-electron chi connectivity index (χ3n) is 5.53. The largest absolute Gasteiger partial charge is 0.355 e. The molecule has 2 saturated heterocycles. The van der Waals surface area contributed by atoms with Crippen molar-refractivity contribution >= 4 is 5.91 Å². The summed E-state index contributed by atoms with van der Waals surface area (Å²) < 4.78 is 0. The molecule has 2 fully saturated rings. The first-order chi connectivity index (χ1) is 12.3. The fourth-order valence-corrected chi connectivity index (χ4v) is 4.22. The number of carbonyl (C=O) groups is 1. The van der Waals surface area contributed by atoms with E-state index in [1.165, 1.54) is 5.56 Å². The number of nitrogens with zero attached hydrogens (tertiary/aromatic N) is 2. The molecule has 1 amide bonds. The van der Waals surface area contributed by atoms with E-state index in [0.29, 0.717) is 12.5 Å². The van der Waals surface area contributed by atoms with Crippen LogP contribution in [0.4, 0.5) is 0 Å². The molecule has 0 radical (unpaired) electrons.